The maximum Gasteiger partial charge on any atom is 0.147 e. The monoisotopic (exact) mass is 111 g/mol. The molecule has 0 aromatic heterocycles. The zero-order chi connectivity index (χ0) is 6.04. The topological polar surface area (TPSA) is 36.8 Å². The molecule has 3 heteroatoms. The molecule has 0 atom stereocenters. The van der Waals surface area contributed by atoms with E-state index in [0.717, 1.165) is 0 Å². The lowest BCUT2D eigenvalue weighted by Crippen LogP contribution is -2.24. The molecule has 1 aliphatic rings. The summed E-state index contributed by atoms with van der Waals surface area (Å²) in [7, 11) is 0. The fraction of sp³-hybridized carbons (Fsp3) is 0.600. The van der Waals surface area contributed by atoms with E-state index in [2.05, 4.69) is 15.3 Å². The summed E-state index contributed by atoms with van der Waals surface area (Å²) in [5, 5.41) is 2.76. The molecular formula is C5H9N3. The van der Waals surface area contributed by atoms with E-state index in [9.17, 15) is 0 Å². The van der Waals surface area contributed by atoms with Crippen molar-refractivity contribution in [1.29, 1.82) is 0 Å². The molecule has 0 saturated heterocycles. The molecule has 0 fully saturated rings. The summed E-state index contributed by atoms with van der Waals surface area (Å²) in [4.78, 5) is 8.06. The fourth-order valence-electron chi connectivity index (χ4n) is 0.457. The van der Waals surface area contributed by atoms with Crippen LogP contribution in [0.2, 0.25) is 0 Å². The van der Waals surface area contributed by atoms with Gasteiger partial charge in [-0.15, -0.1) is 0 Å². The summed E-state index contributed by atoms with van der Waals surface area (Å²) in [6.45, 7) is 3.89. The van der Waals surface area contributed by atoms with E-state index in [1.54, 1.807) is 12.7 Å². The second-order valence-electron chi connectivity index (χ2n) is 2.18. The van der Waals surface area contributed by atoms with Crippen molar-refractivity contribution in [2.24, 2.45) is 9.98 Å². The maximum atomic E-state index is 4.03. The van der Waals surface area contributed by atoms with Gasteiger partial charge >= 0.3 is 0 Å². The van der Waals surface area contributed by atoms with Crippen molar-refractivity contribution in [3.8, 4) is 0 Å². The minimum Gasteiger partial charge on any atom is -0.338 e. The lowest BCUT2D eigenvalue weighted by molar-refractivity contribution is 0.550. The molecule has 44 valence electrons. The Morgan fingerprint density at radius 2 is 1.75 bits per heavy atom. The molecule has 0 unspecified atom stereocenters. The third-order valence-corrected chi connectivity index (χ3v) is 0.910. The molecule has 1 aliphatic heterocycles. The molecule has 0 spiro atoms. The van der Waals surface area contributed by atoms with Gasteiger partial charge in [-0.3, -0.25) is 0 Å². The Bertz CT molecular complexity index is 121. The van der Waals surface area contributed by atoms with Gasteiger partial charge in [0.1, 0.15) is 5.66 Å². The third-order valence-electron chi connectivity index (χ3n) is 0.910. The Hall–Kier alpha value is -0.860. The highest BCUT2D eigenvalue weighted by Gasteiger charge is 2.12. The predicted molar refractivity (Wildman–Crippen MR) is 34.2 cm³/mol. The second-order valence-corrected chi connectivity index (χ2v) is 2.18. The molecule has 1 rings (SSSR count). The van der Waals surface area contributed by atoms with Crippen molar-refractivity contribution in [3.05, 3.63) is 0 Å². The minimum atomic E-state index is -0.245. The van der Waals surface area contributed by atoms with Crippen LogP contribution < -0.4 is 5.32 Å². The normalized spacial score (nSPS) is 22.8. The maximum absolute atomic E-state index is 4.03. The van der Waals surface area contributed by atoms with Gasteiger partial charge in [-0.05, 0) is 13.8 Å². The van der Waals surface area contributed by atoms with Crippen LogP contribution >= 0.6 is 0 Å². The van der Waals surface area contributed by atoms with Crippen LogP contribution in [0.15, 0.2) is 9.98 Å². The first kappa shape index (κ1) is 5.28. The largest absolute Gasteiger partial charge is 0.338 e. The highest BCUT2D eigenvalue weighted by Crippen LogP contribution is 2.09. The van der Waals surface area contributed by atoms with Crippen LogP contribution in [-0.4, -0.2) is 18.3 Å². The van der Waals surface area contributed by atoms with Gasteiger partial charge in [0.2, 0.25) is 0 Å². The van der Waals surface area contributed by atoms with E-state index < -0.39 is 0 Å². The average molecular weight is 111 g/mol. The highest BCUT2D eigenvalue weighted by molar-refractivity contribution is 5.77. The third kappa shape index (κ3) is 1.05. The number of hydrogen-bond donors (Lipinski definition) is 1. The molecule has 0 aromatic rings. The van der Waals surface area contributed by atoms with Crippen molar-refractivity contribution in [1.82, 2.24) is 5.32 Å². The van der Waals surface area contributed by atoms with Crippen LogP contribution in [0.25, 0.3) is 0 Å². The molecule has 0 bridgehead atoms. The van der Waals surface area contributed by atoms with Crippen molar-refractivity contribution >= 4 is 12.7 Å². The number of hydrogen-bond acceptors (Lipinski definition) is 3. The Kier molecular flexibility index (Phi) is 1.04. The van der Waals surface area contributed by atoms with Gasteiger partial charge in [-0.1, -0.05) is 0 Å². The van der Waals surface area contributed by atoms with Gasteiger partial charge in [0, 0.05) is 0 Å². The van der Waals surface area contributed by atoms with Crippen LogP contribution in [0.3, 0.4) is 0 Å². The van der Waals surface area contributed by atoms with Gasteiger partial charge in [0.15, 0.2) is 0 Å². The van der Waals surface area contributed by atoms with Crippen LogP contribution in [0.4, 0.5) is 0 Å². The number of nitrogens with one attached hydrogen (secondary N) is 1. The van der Waals surface area contributed by atoms with Gasteiger partial charge in [-0.25, -0.2) is 9.98 Å². The summed E-state index contributed by atoms with van der Waals surface area (Å²) in [5.41, 5.74) is -0.245. The zero-order valence-corrected chi connectivity index (χ0v) is 5.05. The lowest BCUT2D eigenvalue weighted by Gasteiger charge is -2.15. The van der Waals surface area contributed by atoms with Crippen molar-refractivity contribution < 1.29 is 0 Å². The van der Waals surface area contributed by atoms with Crippen molar-refractivity contribution in [3.63, 3.8) is 0 Å². The van der Waals surface area contributed by atoms with E-state index in [0.29, 0.717) is 0 Å². The number of nitrogens with zero attached hydrogens (tertiary/aromatic N) is 2. The van der Waals surface area contributed by atoms with Crippen LogP contribution in [0.5, 0.6) is 0 Å². The Balaban J connectivity index is 2.69. The summed E-state index contributed by atoms with van der Waals surface area (Å²) in [5.74, 6) is 0. The summed E-state index contributed by atoms with van der Waals surface area (Å²) in [6.07, 6.45) is 3.29. The first-order chi connectivity index (χ1) is 3.71. The molecule has 0 amide bonds. The Labute approximate surface area is 48.5 Å². The molecule has 3 nitrogen and oxygen atoms in total. The summed E-state index contributed by atoms with van der Waals surface area (Å²) in [6, 6.07) is 0. The van der Waals surface area contributed by atoms with E-state index in [1.807, 2.05) is 13.8 Å². The van der Waals surface area contributed by atoms with E-state index >= 15 is 0 Å². The van der Waals surface area contributed by atoms with Gasteiger partial charge in [-0.2, -0.15) is 0 Å². The molecule has 0 aromatic carbocycles. The quantitative estimate of drug-likeness (QED) is 0.482. The highest BCUT2D eigenvalue weighted by atomic mass is 15.2. The lowest BCUT2D eigenvalue weighted by atomic mass is 10.3. The first-order valence-electron chi connectivity index (χ1n) is 2.54. The molecule has 0 radical (unpaired) electrons. The zero-order valence-electron chi connectivity index (χ0n) is 5.05. The van der Waals surface area contributed by atoms with E-state index in [-0.39, 0.29) is 5.66 Å². The van der Waals surface area contributed by atoms with Gasteiger partial charge < -0.3 is 5.32 Å². The standard InChI is InChI=1S/C5H9N3/c1-5(2)7-3-6-4-8-5/h3-4H,1-2H3,(H,6,7,8). The number of rotatable bonds is 0. The molecule has 1 heterocycles. The number of aliphatic imine (C=N–C) groups is 2. The summed E-state index contributed by atoms with van der Waals surface area (Å²) >= 11 is 0. The first-order valence-corrected chi connectivity index (χ1v) is 2.54. The molecular weight excluding hydrogens is 102 g/mol. The smallest absolute Gasteiger partial charge is 0.147 e. The van der Waals surface area contributed by atoms with Crippen LogP contribution in [0.1, 0.15) is 13.8 Å². The van der Waals surface area contributed by atoms with Gasteiger partial charge in [0.05, 0.1) is 12.7 Å². The van der Waals surface area contributed by atoms with Crippen molar-refractivity contribution in [2.45, 2.75) is 19.5 Å². The summed E-state index contributed by atoms with van der Waals surface area (Å²) < 4.78 is 0. The molecule has 0 saturated carbocycles. The Morgan fingerprint density at radius 1 is 1.25 bits per heavy atom. The SMILES string of the molecule is CC1(C)N=CNC=N1. The molecule has 8 heavy (non-hydrogen) atoms. The average Bonchev–Trinajstić information content (AvgIpc) is 1.65. The van der Waals surface area contributed by atoms with E-state index in [1.165, 1.54) is 0 Å². The second kappa shape index (κ2) is 1.58. The predicted octanol–water partition coefficient (Wildman–Crippen LogP) is 0.382. The van der Waals surface area contributed by atoms with E-state index in [4.69, 9.17) is 0 Å². The molecule has 1 N–H and O–H groups in total. The Morgan fingerprint density at radius 3 is 2.00 bits per heavy atom. The van der Waals surface area contributed by atoms with Crippen LogP contribution in [-0.2, 0) is 0 Å². The van der Waals surface area contributed by atoms with Gasteiger partial charge in [0.25, 0.3) is 0 Å². The van der Waals surface area contributed by atoms with Crippen molar-refractivity contribution in [2.75, 3.05) is 0 Å². The minimum absolute atomic E-state index is 0.245. The molecule has 0 aliphatic carbocycles. The fourth-order valence-corrected chi connectivity index (χ4v) is 0.457. The van der Waals surface area contributed by atoms with Crippen LogP contribution in [0, 0.1) is 0 Å².